The molecule has 0 spiro atoms. The minimum Gasteiger partial charge on any atom is -0.466 e. The van der Waals surface area contributed by atoms with E-state index in [1.807, 2.05) is 18.2 Å². The Balaban J connectivity index is 1.79. The van der Waals surface area contributed by atoms with E-state index in [2.05, 4.69) is 88.1 Å². The number of carbonyl (C=O) groups is 1. The van der Waals surface area contributed by atoms with Crippen molar-refractivity contribution in [2.75, 3.05) is 12.9 Å². The average Bonchev–Trinajstić information content (AvgIpc) is 3.29. The highest BCUT2D eigenvalue weighted by atomic mass is 32.2. The molecule has 228 valence electrons. The predicted octanol–water partition coefficient (Wildman–Crippen LogP) is 4.75. The Morgan fingerprint density at radius 1 is 1.07 bits per heavy atom. The third-order valence-corrected chi connectivity index (χ3v) is 12.9. The van der Waals surface area contributed by atoms with Crippen LogP contribution in [0.4, 0.5) is 0 Å². The van der Waals surface area contributed by atoms with Crippen molar-refractivity contribution in [3.05, 3.63) is 72.8 Å². The van der Waals surface area contributed by atoms with Crippen LogP contribution in [0.3, 0.4) is 0 Å². The molecule has 0 aromatic heterocycles. The Morgan fingerprint density at radius 3 is 2.17 bits per heavy atom. The van der Waals surface area contributed by atoms with Gasteiger partial charge in [-0.3, -0.25) is 8.98 Å². The van der Waals surface area contributed by atoms with Crippen molar-refractivity contribution in [2.24, 2.45) is 0 Å². The molecular weight excluding hydrogens is 569 g/mol. The van der Waals surface area contributed by atoms with Crippen molar-refractivity contribution >= 4 is 34.8 Å². The third-order valence-electron chi connectivity index (χ3n) is 7.22. The minimum atomic E-state index is -3.70. The van der Waals surface area contributed by atoms with Crippen LogP contribution in [0.15, 0.2) is 72.8 Å². The lowest BCUT2D eigenvalue weighted by Crippen LogP contribution is -2.67. The van der Waals surface area contributed by atoms with Gasteiger partial charge >= 0.3 is 5.97 Å². The third kappa shape index (κ3) is 9.13. The van der Waals surface area contributed by atoms with E-state index >= 15 is 0 Å². The predicted molar refractivity (Wildman–Crippen MR) is 169 cm³/mol. The van der Waals surface area contributed by atoms with Crippen molar-refractivity contribution < 1.29 is 31.3 Å². The summed E-state index contributed by atoms with van der Waals surface area (Å²) in [6, 6.07) is 21.0. The van der Waals surface area contributed by atoms with Crippen LogP contribution >= 0.6 is 0 Å². The van der Waals surface area contributed by atoms with Crippen LogP contribution in [-0.4, -0.2) is 60.0 Å². The van der Waals surface area contributed by atoms with E-state index < -0.39 is 36.7 Å². The molecule has 1 heterocycles. The summed E-state index contributed by atoms with van der Waals surface area (Å²) in [4.78, 5) is 11.9. The van der Waals surface area contributed by atoms with Gasteiger partial charge < -0.3 is 13.9 Å². The number of benzene rings is 2. The number of hydrogen-bond donors (Lipinski definition) is 0. The molecule has 0 bridgehead atoms. The van der Waals surface area contributed by atoms with Gasteiger partial charge in [0.05, 0.1) is 37.6 Å². The molecule has 3 rings (SSSR count). The van der Waals surface area contributed by atoms with Crippen LogP contribution in [0.5, 0.6) is 0 Å². The van der Waals surface area contributed by atoms with Crippen molar-refractivity contribution in [3.63, 3.8) is 0 Å². The highest BCUT2D eigenvalue weighted by Gasteiger charge is 2.51. The molecule has 3 unspecified atom stereocenters. The SMILES string of the molecule is CCOC(=O)CC1CC(OS(C)(=O)=O)C(CC#C/C=C/[C@@H](CC)O[Si](c2ccccc2)(c2ccccc2)C(C)(C)C)O1. The highest BCUT2D eigenvalue weighted by molar-refractivity contribution is 7.86. The van der Waals surface area contributed by atoms with Gasteiger partial charge in [-0.1, -0.05) is 100 Å². The van der Waals surface area contributed by atoms with E-state index in [9.17, 15) is 13.2 Å². The quantitative estimate of drug-likeness (QED) is 0.148. The fraction of sp³-hybridized carbons (Fsp3) is 0.485. The summed E-state index contributed by atoms with van der Waals surface area (Å²) < 4.78 is 47.0. The van der Waals surface area contributed by atoms with Crippen LogP contribution in [-0.2, 0) is 33.0 Å². The number of hydrogen-bond acceptors (Lipinski definition) is 7. The summed E-state index contributed by atoms with van der Waals surface area (Å²) in [6.07, 6.45) is 4.22. The molecule has 2 aromatic carbocycles. The topological polar surface area (TPSA) is 88.1 Å². The van der Waals surface area contributed by atoms with Gasteiger partial charge in [-0.25, -0.2) is 0 Å². The van der Waals surface area contributed by atoms with E-state index in [4.69, 9.17) is 18.1 Å². The second-order valence-corrected chi connectivity index (χ2v) is 17.3. The fourth-order valence-electron chi connectivity index (χ4n) is 5.39. The monoisotopic (exact) mass is 612 g/mol. The highest BCUT2D eigenvalue weighted by Crippen LogP contribution is 2.38. The van der Waals surface area contributed by atoms with Gasteiger partial charge in [0.1, 0.15) is 6.10 Å². The van der Waals surface area contributed by atoms with Gasteiger partial charge in [0.15, 0.2) is 0 Å². The summed E-state index contributed by atoms with van der Waals surface area (Å²) in [6.45, 7) is 10.9. The van der Waals surface area contributed by atoms with Crippen LogP contribution in [0.1, 0.15) is 60.3 Å². The van der Waals surface area contributed by atoms with Crippen LogP contribution in [0.2, 0.25) is 5.04 Å². The summed E-state index contributed by atoms with van der Waals surface area (Å²) >= 11 is 0. The maximum absolute atomic E-state index is 11.9. The maximum atomic E-state index is 11.9. The lowest BCUT2D eigenvalue weighted by molar-refractivity contribution is -0.146. The van der Waals surface area contributed by atoms with Gasteiger partial charge in [0.2, 0.25) is 0 Å². The number of allylic oxidation sites excluding steroid dienone is 1. The molecule has 1 aliphatic heterocycles. The molecule has 0 N–H and O–H groups in total. The van der Waals surface area contributed by atoms with Gasteiger partial charge in [0, 0.05) is 12.8 Å². The molecule has 0 radical (unpaired) electrons. The first-order valence-corrected chi connectivity index (χ1v) is 18.2. The van der Waals surface area contributed by atoms with Gasteiger partial charge in [-0.2, -0.15) is 8.42 Å². The Kier molecular flexibility index (Phi) is 12.2. The van der Waals surface area contributed by atoms with Gasteiger partial charge in [0.25, 0.3) is 18.4 Å². The molecule has 9 heteroatoms. The zero-order valence-corrected chi connectivity index (χ0v) is 27.4. The van der Waals surface area contributed by atoms with E-state index in [0.29, 0.717) is 0 Å². The van der Waals surface area contributed by atoms with Crippen LogP contribution in [0.25, 0.3) is 0 Å². The van der Waals surface area contributed by atoms with Crippen molar-refractivity contribution in [3.8, 4) is 11.8 Å². The fourth-order valence-corrected chi connectivity index (χ4v) is 10.8. The second-order valence-electron chi connectivity index (χ2n) is 11.5. The molecule has 0 aliphatic carbocycles. The summed E-state index contributed by atoms with van der Waals surface area (Å²) in [5.41, 5.74) is 0. The smallest absolute Gasteiger partial charge is 0.308 e. The Hall–Kier alpha value is -2.74. The van der Waals surface area contributed by atoms with Gasteiger partial charge in [-0.15, -0.1) is 0 Å². The summed E-state index contributed by atoms with van der Waals surface area (Å²) in [5, 5.41) is 2.29. The lowest BCUT2D eigenvalue weighted by atomic mass is 10.1. The van der Waals surface area contributed by atoms with Crippen molar-refractivity contribution in [2.45, 2.75) is 89.8 Å². The van der Waals surface area contributed by atoms with E-state index in [0.717, 1.165) is 12.7 Å². The van der Waals surface area contributed by atoms with Crippen molar-refractivity contribution in [1.82, 2.24) is 0 Å². The Labute approximate surface area is 252 Å². The number of carbonyl (C=O) groups excluding carboxylic acids is 1. The number of ether oxygens (including phenoxy) is 2. The van der Waals surface area contributed by atoms with Gasteiger partial charge in [-0.05, 0) is 40.9 Å². The average molecular weight is 613 g/mol. The number of rotatable bonds is 12. The van der Waals surface area contributed by atoms with E-state index in [-0.39, 0.29) is 43.0 Å². The molecule has 42 heavy (non-hydrogen) atoms. The molecule has 1 saturated heterocycles. The summed E-state index contributed by atoms with van der Waals surface area (Å²) in [7, 11) is -6.41. The minimum absolute atomic E-state index is 0.0407. The second kappa shape index (κ2) is 15.1. The molecule has 1 fully saturated rings. The van der Waals surface area contributed by atoms with Crippen LogP contribution < -0.4 is 10.4 Å². The molecule has 1 aliphatic rings. The zero-order chi connectivity index (χ0) is 30.8. The Morgan fingerprint density at radius 2 is 1.67 bits per heavy atom. The van der Waals surface area contributed by atoms with Crippen molar-refractivity contribution in [1.29, 1.82) is 0 Å². The maximum Gasteiger partial charge on any atom is 0.308 e. The number of esters is 1. The van der Waals surface area contributed by atoms with Crippen LogP contribution in [0, 0.1) is 11.8 Å². The lowest BCUT2D eigenvalue weighted by Gasteiger charge is -2.44. The summed E-state index contributed by atoms with van der Waals surface area (Å²) in [5.74, 6) is 5.76. The van der Waals surface area contributed by atoms with E-state index in [1.54, 1.807) is 13.0 Å². The molecular formula is C33H44O7SSi. The normalized spacial score (nSPS) is 20.2. The largest absolute Gasteiger partial charge is 0.466 e. The zero-order valence-electron chi connectivity index (χ0n) is 25.5. The molecule has 0 saturated carbocycles. The molecule has 7 nitrogen and oxygen atoms in total. The van der Waals surface area contributed by atoms with E-state index in [1.165, 1.54) is 10.4 Å². The molecule has 2 aromatic rings. The molecule has 4 atom stereocenters. The molecule has 0 amide bonds. The Bertz CT molecular complexity index is 1300. The first kappa shape index (κ1) is 33.8. The first-order chi connectivity index (χ1) is 19.9. The first-order valence-electron chi connectivity index (χ1n) is 14.5. The standard InChI is InChI=1S/C33H44O7SSi/c1-7-26(40-42(33(3,4)5,28-19-13-10-14-20-28)29-21-15-11-16-22-29)18-12-9-17-23-30-31(39-41(6,35)36)24-27(38-30)25-32(34)37-8-2/h10-16,18-22,26-27,30-31H,7-8,23-25H2,1-6H3/b18-12+/t26-,27?,30?,31?/m1/s1.